The van der Waals surface area contributed by atoms with Crippen molar-refractivity contribution in [3.8, 4) is 0 Å². The van der Waals surface area contributed by atoms with Crippen molar-refractivity contribution in [2.45, 2.75) is 51.3 Å². The first kappa shape index (κ1) is 11.2. The van der Waals surface area contributed by atoms with E-state index in [-0.39, 0.29) is 18.6 Å². The molecule has 0 heterocycles. The summed E-state index contributed by atoms with van der Waals surface area (Å²) in [4.78, 5) is 0. The van der Waals surface area contributed by atoms with Crippen LogP contribution >= 0.6 is 12.4 Å². The standard InChI is InChI=1S/C8H17NO.ClH/c1-7(10)9-8-5-3-2-4-6-8;/h7-10H,2-6H2,1H3;1H. The number of aliphatic hydroxyl groups is 1. The third kappa shape index (κ3) is 4.62. The SMILES string of the molecule is CC(O)NC1CCCCC1.Cl. The van der Waals surface area contributed by atoms with E-state index in [0.29, 0.717) is 6.04 Å². The van der Waals surface area contributed by atoms with Crippen LogP contribution in [-0.4, -0.2) is 17.4 Å². The smallest absolute Gasteiger partial charge is 0.102 e. The molecular weight excluding hydrogens is 162 g/mol. The third-order valence-corrected chi connectivity index (χ3v) is 2.08. The summed E-state index contributed by atoms with van der Waals surface area (Å²) in [6, 6.07) is 0.578. The van der Waals surface area contributed by atoms with Crippen molar-refractivity contribution in [2.24, 2.45) is 0 Å². The van der Waals surface area contributed by atoms with Gasteiger partial charge in [0.25, 0.3) is 0 Å². The lowest BCUT2D eigenvalue weighted by Gasteiger charge is -2.24. The molecule has 0 saturated heterocycles. The Bertz CT molecular complexity index is 92.1. The summed E-state index contributed by atoms with van der Waals surface area (Å²) in [6.45, 7) is 1.79. The van der Waals surface area contributed by atoms with Crippen LogP contribution in [0.15, 0.2) is 0 Å². The van der Waals surface area contributed by atoms with Crippen molar-refractivity contribution in [2.75, 3.05) is 0 Å². The first-order chi connectivity index (χ1) is 4.79. The predicted molar refractivity (Wildman–Crippen MR) is 48.9 cm³/mol. The van der Waals surface area contributed by atoms with Crippen molar-refractivity contribution in [1.82, 2.24) is 5.32 Å². The van der Waals surface area contributed by atoms with Gasteiger partial charge in [-0.15, -0.1) is 12.4 Å². The van der Waals surface area contributed by atoms with Gasteiger partial charge in [0.1, 0.15) is 6.23 Å². The highest BCUT2D eigenvalue weighted by molar-refractivity contribution is 5.85. The van der Waals surface area contributed by atoms with Gasteiger partial charge in [0.2, 0.25) is 0 Å². The normalized spacial score (nSPS) is 22.4. The quantitative estimate of drug-likeness (QED) is 0.633. The fraction of sp³-hybridized carbons (Fsp3) is 1.00. The molecule has 2 N–H and O–H groups in total. The zero-order valence-electron chi connectivity index (χ0n) is 7.05. The summed E-state index contributed by atoms with van der Waals surface area (Å²) in [7, 11) is 0. The highest BCUT2D eigenvalue weighted by atomic mass is 35.5. The van der Waals surface area contributed by atoms with E-state index < -0.39 is 0 Å². The van der Waals surface area contributed by atoms with Crippen LogP contribution in [0.1, 0.15) is 39.0 Å². The fourth-order valence-corrected chi connectivity index (χ4v) is 1.61. The first-order valence-electron chi connectivity index (χ1n) is 4.23. The molecule has 0 aliphatic heterocycles. The second kappa shape index (κ2) is 5.81. The maximum atomic E-state index is 8.99. The van der Waals surface area contributed by atoms with E-state index in [9.17, 15) is 0 Å². The van der Waals surface area contributed by atoms with Gasteiger partial charge in [-0.25, -0.2) is 0 Å². The van der Waals surface area contributed by atoms with Crippen LogP contribution in [0.5, 0.6) is 0 Å². The molecule has 0 aromatic rings. The van der Waals surface area contributed by atoms with Crippen molar-refractivity contribution < 1.29 is 5.11 Å². The van der Waals surface area contributed by atoms with Crippen LogP contribution in [0.2, 0.25) is 0 Å². The molecule has 1 fully saturated rings. The van der Waals surface area contributed by atoms with E-state index in [0.717, 1.165) is 0 Å². The summed E-state index contributed by atoms with van der Waals surface area (Å²) in [5.74, 6) is 0. The molecule has 0 amide bonds. The number of rotatable bonds is 2. The zero-order valence-corrected chi connectivity index (χ0v) is 7.86. The Kier molecular flexibility index (Phi) is 5.92. The summed E-state index contributed by atoms with van der Waals surface area (Å²) >= 11 is 0. The first-order valence-corrected chi connectivity index (χ1v) is 4.23. The van der Waals surface area contributed by atoms with E-state index in [2.05, 4.69) is 5.32 Å². The van der Waals surface area contributed by atoms with Crippen LogP contribution < -0.4 is 5.32 Å². The molecular formula is C8H18ClNO. The Hall–Kier alpha value is 0.210. The van der Waals surface area contributed by atoms with Crippen molar-refractivity contribution in [1.29, 1.82) is 0 Å². The van der Waals surface area contributed by atoms with Gasteiger partial charge in [-0.05, 0) is 19.8 Å². The molecule has 1 aliphatic carbocycles. The highest BCUT2D eigenvalue weighted by Crippen LogP contribution is 2.17. The van der Waals surface area contributed by atoms with Crippen LogP contribution in [0.25, 0.3) is 0 Å². The van der Waals surface area contributed by atoms with E-state index in [1.807, 2.05) is 0 Å². The molecule has 2 nitrogen and oxygen atoms in total. The Balaban J connectivity index is 0.000001000. The number of nitrogens with one attached hydrogen (secondary N) is 1. The molecule has 11 heavy (non-hydrogen) atoms. The van der Waals surface area contributed by atoms with Gasteiger partial charge in [-0.3, -0.25) is 5.32 Å². The van der Waals surface area contributed by atoms with Crippen LogP contribution in [0.4, 0.5) is 0 Å². The second-order valence-electron chi connectivity index (χ2n) is 3.18. The monoisotopic (exact) mass is 179 g/mol. The fourth-order valence-electron chi connectivity index (χ4n) is 1.61. The molecule has 0 aromatic carbocycles. The van der Waals surface area contributed by atoms with Gasteiger partial charge < -0.3 is 5.11 Å². The van der Waals surface area contributed by atoms with Gasteiger partial charge in [-0.1, -0.05) is 19.3 Å². The number of hydrogen-bond acceptors (Lipinski definition) is 2. The average molecular weight is 180 g/mol. The minimum atomic E-state index is -0.330. The summed E-state index contributed by atoms with van der Waals surface area (Å²) < 4.78 is 0. The molecule has 1 saturated carbocycles. The van der Waals surface area contributed by atoms with E-state index in [1.54, 1.807) is 6.92 Å². The number of halogens is 1. The molecule has 0 radical (unpaired) electrons. The molecule has 68 valence electrons. The minimum absolute atomic E-state index is 0. The van der Waals surface area contributed by atoms with Gasteiger partial charge in [0, 0.05) is 6.04 Å². The summed E-state index contributed by atoms with van der Waals surface area (Å²) in [5, 5.41) is 12.1. The van der Waals surface area contributed by atoms with Crippen LogP contribution in [-0.2, 0) is 0 Å². The lowest BCUT2D eigenvalue weighted by atomic mass is 9.95. The minimum Gasteiger partial charge on any atom is -0.379 e. The third-order valence-electron chi connectivity index (χ3n) is 2.08. The van der Waals surface area contributed by atoms with Gasteiger partial charge in [-0.2, -0.15) is 0 Å². The van der Waals surface area contributed by atoms with Crippen LogP contribution in [0.3, 0.4) is 0 Å². The topological polar surface area (TPSA) is 32.3 Å². The molecule has 1 atom stereocenters. The molecule has 1 rings (SSSR count). The largest absolute Gasteiger partial charge is 0.379 e. The Morgan fingerprint density at radius 1 is 1.27 bits per heavy atom. The molecule has 0 aromatic heterocycles. The molecule has 1 unspecified atom stereocenters. The zero-order chi connectivity index (χ0) is 7.40. The Morgan fingerprint density at radius 2 is 1.82 bits per heavy atom. The second-order valence-corrected chi connectivity index (χ2v) is 3.18. The van der Waals surface area contributed by atoms with Crippen molar-refractivity contribution in [3.63, 3.8) is 0 Å². The van der Waals surface area contributed by atoms with E-state index in [1.165, 1.54) is 32.1 Å². The number of aliphatic hydroxyl groups excluding tert-OH is 1. The Morgan fingerprint density at radius 3 is 2.27 bits per heavy atom. The molecule has 1 aliphatic rings. The van der Waals surface area contributed by atoms with Gasteiger partial charge >= 0.3 is 0 Å². The van der Waals surface area contributed by atoms with E-state index >= 15 is 0 Å². The lowest BCUT2D eigenvalue weighted by Crippen LogP contribution is -2.37. The number of hydrogen-bond donors (Lipinski definition) is 2. The molecule has 3 heteroatoms. The maximum Gasteiger partial charge on any atom is 0.102 e. The molecule has 0 bridgehead atoms. The van der Waals surface area contributed by atoms with Gasteiger partial charge in [0.15, 0.2) is 0 Å². The lowest BCUT2D eigenvalue weighted by molar-refractivity contribution is 0.130. The Labute approximate surface area is 74.8 Å². The van der Waals surface area contributed by atoms with Crippen LogP contribution in [0, 0.1) is 0 Å². The predicted octanol–water partition coefficient (Wildman–Crippen LogP) is 1.67. The van der Waals surface area contributed by atoms with Crippen molar-refractivity contribution in [3.05, 3.63) is 0 Å². The van der Waals surface area contributed by atoms with Crippen molar-refractivity contribution >= 4 is 12.4 Å². The maximum absolute atomic E-state index is 8.99. The van der Waals surface area contributed by atoms with Gasteiger partial charge in [0.05, 0.1) is 0 Å². The highest BCUT2D eigenvalue weighted by Gasteiger charge is 2.13. The summed E-state index contributed by atoms with van der Waals surface area (Å²) in [5.41, 5.74) is 0. The average Bonchev–Trinajstić information content (AvgIpc) is 1.88. The molecule has 0 spiro atoms. The summed E-state index contributed by atoms with van der Waals surface area (Å²) in [6.07, 6.45) is 6.17. The van der Waals surface area contributed by atoms with E-state index in [4.69, 9.17) is 5.11 Å².